The van der Waals surface area contributed by atoms with Gasteiger partial charge in [-0.3, -0.25) is 4.79 Å². The molecular formula is C24H27BrN4O3. The molecule has 1 fully saturated rings. The van der Waals surface area contributed by atoms with Crippen molar-refractivity contribution in [3.8, 4) is 0 Å². The van der Waals surface area contributed by atoms with Crippen LogP contribution in [0.2, 0.25) is 0 Å². The number of rotatable bonds is 4. The predicted molar refractivity (Wildman–Crippen MR) is 128 cm³/mol. The van der Waals surface area contributed by atoms with Crippen LogP contribution in [0.5, 0.6) is 0 Å². The van der Waals surface area contributed by atoms with Gasteiger partial charge in [0.15, 0.2) is 0 Å². The van der Waals surface area contributed by atoms with E-state index in [-0.39, 0.29) is 18.0 Å². The molecular weight excluding hydrogens is 472 g/mol. The van der Waals surface area contributed by atoms with Crippen molar-refractivity contribution in [2.75, 3.05) is 31.3 Å². The molecule has 168 valence electrons. The van der Waals surface area contributed by atoms with Crippen molar-refractivity contribution in [2.24, 2.45) is 0 Å². The number of fused-ring (bicyclic) bond motifs is 1. The molecule has 3 amide bonds. The molecule has 8 heteroatoms. The van der Waals surface area contributed by atoms with Crippen molar-refractivity contribution >= 4 is 39.2 Å². The summed E-state index contributed by atoms with van der Waals surface area (Å²) >= 11 is 3.38. The molecule has 0 spiro atoms. The molecule has 0 saturated carbocycles. The van der Waals surface area contributed by atoms with Crippen molar-refractivity contribution in [3.63, 3.8) is 0 Å². The zero-order valence-electron chi connectivity index (χ0n) is 18.2. The first-order valence-electron chi connectivity index (χ1n) is 10.5. The first-order chi connectivity index (χ1) is 15.3. The Labute approximate surface area is 196 Å². The number of ether oxygens (including phenoxy) is 1. The van der Waals surface area contributed by atoms with E-state index in [0.29, 0.717) is 18.7 Å². The van der Waals surface area contributed by atoms with E-state index in [1.165, 1.54) is 5.56 Å². The summed E-state index contributed by atoms with van der Waals surface area (Å²) in [6.07, 6.45) is 1.01. The number of carbonyl (C=O) groups is 2. The van der Waals surface area contributed by atoms with Crippen LogP contribution >= 0.6 is 15.9 Å². The number of methoxy groups -OCH3 is 1. The van der Waals surface area contributed by atoms with Crippen molar-refractivity contribution < 1.29 is 14.3 Å². The van der Waals surface area contributed by atoms with E-state index in [1.807, 2.05) is 37.4 Å². The first-order valence-corrected chi connectivity index (χ1v) is 11.3. The molecule has 2 aliphatic heterocycles. The second-order valence-electron chi connectivity index (χ2n) is 8.27. The molecule has 4 rings (SSSR count). The summed E-state index contributed by atoms with van der Waals surface area (Å²) in [5, 5.41) is 5.87. The van der Waals surface area contributed by atoms with E-state index in [4.69, 9.17) is 4.74 Å². The monoisotopic (exact) mass is 498 g/mol. The van der Waals surface area contributed by atoms with Crippen molar-refractivity contribution in [1.82, 2.24) is 9.80 Å². The summed E-state index contributed by atoms with van der Waals surface area (Å²) in [5.41, 5.74) is 4.83. The number of urea groups is 1. The second kappa shape index (κ2) is 9.34. The maximum absolute atomic E-state index is 13.2. The van der Waals surface area contributed by atoms with E-state index >= 15 is 0 Å². The largest absolute Gasteiger partial charge is 0.380 e. The Morgan fingerprint density at radius 2 is 1.81 bits per heavy atom. The number of likely N-dealkylation sites (N-methyl/N-ethyl adjacent to an activating group) is 1. The normalized spacial score (nSPS) is 20.2. The Balaban J connectivity index is 1.47. The molecule has 0 radical (unpaired) electrons. The maximum atomic E-state index is 13.2. The highest BCUT2D eigenvalue weighted by molar-refractivity contribution is 9.10. The SMILES string of the molecule is C=C1Cc2cc(NC(=O)[C@H]3C[C@@H](OC)CN3C(=O)Nc3ccc(Br)cc3)ccc2CN1C. The highest BCUT2D eigenvalue weighted by Gasteiger charge is 2.40. The smallest absolute Gasteiger partial charge is 0.322 e. The quantitative estimate of drug-likeness (QED) is 0.661. The van der Waals surface area contributed by atoms with Crippen LogP contribution in [-0.4, -0.2) is 54.6 Å². The van der Waals surface area contributed by atoms with Crippen LogP contribution in [0.1, 0.15) is 17.5 Å². The van der Waals surface area contributed by atoms with Gasteiger partial charge in [-0.25, -0.2) is 4.79 Å². The van der Waals surface area contributed by atoms with Crippen LogP contribution in [0.25, 0.3) is 0 Å². The Morgan fingerprint density at radius 3 is 2.53 bits per heavy atom. The fourth-order valence-electron chi connectivity index (χ4n) is 4.14. The van der Waals surface area contributed by atoms with Crippen LogP contribution in [-0.2, 0) is 22.5 Å². The topological polar surface area (TPSA) is 73.9 Å². The molecule has 0 aliphatic carbocycles. The lowest BCUT2D eigenvalue weighted by Crippen LogP contribution is -2.45. The van der Waals surface area contributed by atoms with Gasteiger partial charge in [0.2, 0.25) is 5.91 Å². The molecule has 0 bridgehead atoms. The van der Waals surface area contributed by atoms with Gasteiger partial charge >= 0.3 is 6.03 Å². The summed E-state index contributed by atoms with van der Waals surface area (Å²) < 4.78 is 6.39. The van der Waals surface area contributed by atoms with Crippen molar-refractivity contribution in [1.29, 1.82) is 0 Å². The van der Waals surface area contributed by atoms with Gasteiger partial charge in [0.05, 0.1) is 6.10 Å². The molecule has 0 unspecified atom stereocenters. The molecule has 7 nitrogen and oxygen atoms in total. The fourth-order valence-corrected chi connectivity index (χ4v) is 4.40. The van der Waals surface area contributed by atoms with Crippen LogP contribution < -0.4 is 10.6 Å². The minimum atomic E-state index is -0.618. The number of hydrogen-bond donors (Lipinski definition) is 2. The maximum Gasteiger partial charge on any atom is 0.322 e. The summed E-state index contributed by atoms with van der Waals surface area (Å²) in [4.78, 5) is 29.8. The number of nitrogens with zero attached hydrogens (tertiary/aromatic N) is 2. The van der Waals surface area contributed by atoms with Gasteiger partial charge in [-0.15, -0.1) is 0 Å². The third-order valence-corrected chi connectivity index (χ3v) is 6.60. The zero-order chi connectivity index (χ0) is 22.8. The van der Waals surface area contributed by atoms with E-state index in [9.17, 15) is 9.59 Å². The second-order valence-corrected chi connectivity index (χ2v) is 9.19. The van der Waals surface area contributed by atoms with Crippen LogP contribution in [0.4, 0.5) is 16.2 Å². The van der Waals surface area contributed by atoms with E-state index < -0.39 is 6.04 Å². The van der Waals surface area contributed by atoms with E-state index in [2.05, 4.69) is 38.0 Å². The minimum absolute atomic E-state index is 0.191. The van der Waals surface area contributed by atoms with Crippen molar-refractivity contribution in [2.45, 2.75) is 31.5 Å². The lowest BCUT2D eigenvalue weighted by Gasteiger charge is -2.29. The van der Waals surface area contributed by atoms with Crippen molar-refractivity contribution in [3.05, 3.63) is 70.3 Å². The number of anilines is 2. The number of hydrogen-bond acceptors (Lipinski definition) is 4. The summed E-state index contributed by atoms with van der Waals surface area (Å²) in [6, 6.07) is 12.3. The Hall–Kier alpha value is -2.84. The number of halogens is 1. The molecule has 2 aliphatic rings. The summed E-state index contributed by atoms with van der Waals surface area (Å²) in [7, 11) is 3.63. The zero-order valence-corrected chi connectivity index (χ0v) is 19.8. The Morgan fingerprint density at radius 1 is 1.09 bits per heavy atom. The predicted octanol–water partition coefficient (Wildman–Crippen LogP) is 4.21. The van der Waals surface area contributed by atoms with Gasteiger partial charge in [0, 0.05) is 61.6 Å². The number of carbonyl (C=O) groups excluding carboxylic acids is 2. The van der Waals surface area contributed by atoms with Gasteiger partial charge in [0.1, 0.15) is 6.04 Å². The average Bonchev–Trinajstić information content (AvgIpc) is 3.21. The lowest BCUT2D eigenvalue weighted by atomic mass is 9.97. The molecule has 0 aromatic heterocycles. The van der Waals surface area contributed by atoms with Gasteiger partial charge in [-0.2, -0.15) is 0 Å². The molecule has 1 saturated heterocycles. The standard InChI is InChI=1S/C24H27BrN4O3/c1-15-10-17-11-20(7-4-16(17)13-28(15)2)26-23(30)22-12-21(32-3)14-29(22)24(31)27-19-8-5-18(25)6-9-19/h4-9,11,21-22H,1,10,12-14H2,2-3H3,(H,26,30)(H,27,31)/t21-,22-/m1/s1. The van der Waals surface area contributed by atoms with Crippen LogP contribution in [0, 0.1) is 0 Å². The number of benzene rings is 2. The highest BCUT2D eigenvalue weighted by Crippen LogP contribution is 2.28. The number of allylic oxidation sites excluding steroid dienone is 1. The van der Waals surface area contributed by atoms with Crippen LogP contribution in [0.15, 0.2) is 59.2 Å². The minimum Gasteiger partial charge on any atom is -0.380 e. The van der Waals surface area contributed by atoms with Gasteiger partial charge in [-0.1, -0.05) is 28.6 Å². The fraction of sp³-hybridized carbons (Fsp3) is 0.333. The number of nitrogens with one attached hydrogen (secondary N) is 2. The van der Waals surface area contributed by atoms with Crippen LogP contribution in [0.3, 0.4) is 0 Å². The molecule has 2 aromatic carbocycles. The molecule has 2 atom stereocenters. The molecule has 2 heterocycles. The molecule has 32 heavy (non-hydrogen) atoms. The first kappa shape index (κ1) is 22.4. The van der Waals surface area contributed by atoms with Gasteiger partial charge in [0.25, 0.3) is 0 Å². The molecule has 2 N–H and O–H groups in total. The summed E-state index contributed by atoms with van der Waals surface area (Å²) in [5.74, 6) is -0.220. The third kappa shape index (κ3) is 4.81. The Kier molecular flexibility index (Phi) is 6.53. The highest BCUT2D eigenvalue weighted by atomic mass is 79.9. The van der Waals surface area contributed by atoms with Gasteiger partial charge in [-0.05, 0) is 47.5 Å². The number of likely N-dealkylation sites (tertiary alicyclic amines) is 1. The van der Waals surface area contributed by atoms with Gasteiger partial charge < -0.3 is 25.2 Å². The lowest BCUT2D eigenvalue weighted by molar-refractivity contribution is -0.119. The van der Waals surface area contributed by atoms with E-state index in [0.717, 1.165) is 34.4 Å². The third-order valence-electron chi connectivity index (χ3n) is 6.07. The number of amides is 3. The Bertz CT molecular complexity index is 1040. The van der Waals surface area contributed by atoms with E-state index in [1.54, 1.807) is 24.1 Å². The molecule has 2 aromatic rings. The summed E-state index contributed by atoms with van der Waals surface area (Å²) in [6.45, 7) is 5.27. The average molecular weight is 499 g/mol.